The highest BCUT2D eigenvalue weighted by molar-refractivity contribution is 7.89. The molecule has 0 aliphatic carbocycles. The number of H-pyrrole nitrogens is 1. The SMILES string of the molecule is CNC(=O)c1ccc(S(=O)(=O)NCCc2ncc[nH]2)cc1. The van der Waals surface area contributed by atoms with E-state index in [9.17, 15) is 13.2 Å². The first-order chi connectivity index (χ1) is 10.0. The van der Waals surface area contributed by atoms with Crippen LogP contribution in [-0.2, 0) is 16.4 Å². The molecule has 2 aromatic rings. The number of rotatable bonds is 6. The number of hydrogen-bond acceptors (Lipinski definition) is 4. The van der Waals surface area contributed by atoms with Crippen molar-refractivity contribution in [2.45, 2.75) is 11.3 Å². The van der Waals surface area contributed by atoms with E-state index >= 15 is 0 Å². The van der Waals surface area contributed by atoms with Gasteiger partial charge in [0.15, 0.2) is 0 Å². The average molecular weight is 308 g/mol. The van der Waals surface area contributed by atoms with E-state index in [1.54, 1.807) is 12.4 Å². The maximum atomic E-state index is 12.1. The molecule has 1 aromatic heterocycles. The number of imidazole rings is 1. The number of hydrogen-bond donors (Lipinski definition) is 3. The summed E-state index contributed by atoms with van der Waals surface area (Å²) in [5, 5.41) is 2.47. The molecule has 112 valence electrons. The van der Waals surface area contributed by atoms with Crippen molar-refractivity contribution in [2.75, 3.05) is 13.6 Å². The fraction of sp³-hybridized carbons (Fsp3) is 0.231. The maximum absolute atomic E-state index is 12.1. The van der Waals surface area contributed by atoms with Gasteiger partial charge in [-0.2, -0.15) is 0 Å². The molecule has 8 heteroatoms. The van der Waals surface area contributed by atoms with Gasteiger partial charge in [-0.25, -0.2) is 18.1 Å². The van der Waals surface area contributed by atoms with E-state index < -0.39 is 10.0 Å². The van der Waals surface area contributed by atoms with Crippen molar-refractivity contribution in [2.24, 2.45) is 0 Å². The van der Waals surface area contributed by atoms with Gasteiger partial charge in [0.05, 0.1) is 4.90 Å². The third-order valence-electron chi connectivity index (χ3n) is 2.86. The number of aromatic nitrogens is 2. The fourth-order valence-corrected chi connectivity index (χ4v) is 2.78. The number of benzene rings is 1. The van der Waals surface area contributed by atoms with Crippen molar-refractivity contribution >= 4 is 15.9 Å². The molecule has 3 N–H and O–H groups in total. The molecular formula is C13H16N4O3S. The maximum Gasteiger partial charge on any atom is 0.251 e. The molecule has 0 saturated carbocycles. The van der Waals surface area contributed by atoms with E-state index in [0.29, 0.717) is 17.8 Å². The van der Waals surface area contributed by atoms with Crippen LogP contribution in [0.3, 0.4) is 0 Å². The molecule has 0 radical (unpaired) electrons. The Morgan fingerprint density at radius 2 is 2.00 bits per heavy atom. The van der Waals surface area contributed by atoms with Gasteiger partial charge in [-0.15, -0.1) is 0 Å². The highest BCUT2D eigenvalue weighted by Crippen LogP contribution is 2.10. The lowest BCUT2D eigenvalue weighted by Crippen LogP contribution is -2.26. The van der Waals surface area contributed by atoms with Gasteiger partial charge in [-0.3, -0.25) is 4.79 Å². The Balaban J connectivity index is 2.00. The average Bonchev–Trinajstić information content (AvgIpc) is 2.99. The van der Waals surface area contributed by atoms with Crippen LogP contribution in [0.1, 0.15) is 16.2 Å². The first-order valence-corrected chi connectivity index (χ1v) is 7.81. The molecule has 0 bridgehead atoms. The second-order valence-corrected chi connectivity index (χ2v) is 6.05. The molecule has 0 spiro atoms. The minimum absolute atomic E-state index is 0.120. The Morgan fingerprint density at radius 1 is 1.29 bits per heavy atom. The fourth-order valence-electron chi connectivity index (χ4n) is 1.75. The molecular weight excluding hydrogens is 292 g/mol. The summed E-state index contributed by atoms with van der Waals surface area (Å²) in [4.78, 5) is 18.4. The van der Waals surface area contributed by atoms with Crippen molar-refractivity contribution in [1.82, 2.24) is 20.0 Å². The molecule has 0 saturated heterocycles. The number of aromatic amines is 1. The van der Waals surface area contributed by atoms with E-state index in [0.717, 1.165) is 0 Å². The predicted octanol–water partition coefficient (Wildman–Crippen LogP) is 0.290. The Kier molecular flexibility index (Phi) is 4.71. The summed E-state index contributed by atoms with van der Waals surface area (Å²) < 4.78 is 26.6. The van der Waals surface area contributed by atoms with Crippen molar-refractivity contribution in [3.8, 4) is 0 Å². The molecule has 0 unspecified atom stereocenters. The third kappa shape index (κ3) is 3.89. The summed E-state index contributed by atoms with van der Waals surface area (Å²) in [6.45, 7) is 0.243. The van der Waals surface area contributed by atoms with E-state index in [1.807, 2.05) is 0 Å². The van der Waals surface area contributed by atoms with Gasteiger partial charge in [0.2, 0.25) is 10.0 Å². The number of nitrogens with zero attached hydrogens (tertiary/aromatic N) is 1. The van der Waals surface area contributed by atoms with Crippen LogP contribution in [0.5, 0.6) is 0 Å². The molecule has 21 heavy (non-hydrogen) atoms. The Bertz CT molecular complexity index is 694. The Hall–Kier alpha value is -2.19. The minimum atomic E-state index is -3.59. The number of nitrogens with one attached hydrogen (secondary N) is 3. The largest absolute Gasteiger partial charge is 0.355 e. The lowest BCUT2D eigenvalue weighted by atomic mass is 10.2. The molecule has 1 heterocycles. The minimum Gasteiger partial charge on any atom is -0.355 e. The molecule has 0 fully saturated rings. The molecule has 7 nitrogen and oxygen atoms in total. The zero-order chi connectivity index (χ0) is 15.3. The molecule has 0 aliphatic rings. The first kappa shape index (κ1) is 15.2. The summed E-state index contributed by atoms with van der Waals surface area (Å²) in [6.07, 6.45) is 3.77. The van der Waals surface area contributed by atoms with Crippen molar-refractivity contribution < 1.29 is 13.2 Å². The van der Waals surface area contributed by atoms with Crippen LogP contribution in [0.15, 0.2) is 41.6 Å². The van der Waals surface area contributed by atoms with E-state index in [4.69, 9.17) is 0 Å². The molecule has 2 rings (SSSR count). The van der Waals surface area contributed by atoms with Crippen molar-refractivity contribution in [3.63, 3.8) is 0 Å². The number of sulfonamides is 1. The number of carbonyl (C=O) groups is 1. The van der Waals surface area contributed by atoms with Crippen LogP contribution in [-0.4, -0.2) is 37.9 Å². The zero-order valence-corrected chi connectivity index (χ0v) is 12.3. The highest BCUT2D eigenvalue weighted by atomic mass is 32.2. The van der Waals surface area contributed by atoms with Gasteiger partial charge in [0, 0.05) is 38.0 Å². The van der Waals surface area contributed by atoms with E-state index in [1.165, 1.54) is 31.3 Å². The van der Waals surface area contributed by atoms with Crippen LogP contribution in [0, 0.1) is 0 Å². The summed E-state index contributed by atoms with van der Waals surface area (Å²) >= 11 is 0. The van der Waals surface area contributed by atoms with Gasteiger partial charge in [0.1, 0.15) is 5.82 Å². The third-order valence-corrected chi connectivity index (χ3v) is 4.34. The molecule has 0 aliphatic heterocycles. The van der Waals surface area contributed by atoms with Crippen LogP contribution < -0.4 is 10.0 Å². The van der Waals surface area contributed by atoms with Gasteiger partial charge < -0.3 is 10.3 Å². The van der Waals surface area contributed by atoms with Gasteiger partial charge in [0.25, 0.3) is 5.91 Å². The molecule has 1 amide bonds. The first-order valence-electron chi connectivity index (χ1n) is 6.33. The monoisotopic (exact) mass is 308 g/mol. The Morgan fingerprint density at radius 3 is 2.57 bits per heavy atom. The normalized spacial score (nSPS) is 11.3. The quantitative estimate of drug-likeness (QED) is 0.713. The second-order valence-electron chi connectivity index (χ2n) is 4.29. The summed E-state index contributed by atoms with van der Waals surface area (Å²) in [5.41, 5.74) is 0.409. The van der Waals surface area contributed by atoms with Gasteiger partial charge in [-0.05, 0) is 24.3 Å². The lowest BCUT2D eigenvalue weighted by molar-refractivity contribution is 0.0963. The standard InChI is InChI=1S/C13H16N4O3S/c1-14-13(18)10-2-4-11(5-3-10)21(19,20)17-7-6-12-15-8-9-16-12/h2-5,8-9,17H,6-7H2,1H3,(H,14,18)(H,15,16). The zero-order valence-electron chi connectivity index (χ0n) is 11.5. The van der Waals surface area contributed by atoms with E-state index in [-0.39, 0.29) is 17.3 Å². The molecule has 1 aromatic carbocycles. The van der Waals surface area contributed by atoms with Crippen LogP contribution in [0.2, 0.25) is 0 Å². The Labute approximate surface area is 122 Å². The summed E-state index contributed by atoms with van der Waals surface area (Å²) in [5.74, 6) is 0.456. The number of amides is 1. The van der Waals surface area contributed by atoms with Crippen LogP contribution >= 0.6 is 0 Å². The smallest absolute Gasteiger partial charge is 0.251 e. The summed E-state index contributed by atoms with van der Waals surface area (Å²) in [6, 6.07) is 5.75. The lowest BCUT2D eigenvalue weighted by Gasteiger charge is -2.07. The van der Waals surface area contributed by atoms with Gasteiger partial charge in [-0.1, -0.05) is 0 Å². The van der Waals surface area contributed by atoms with Crippen molar-refractivity contribution in [3.05, 3.63) is 48.0 Å². The number of carbonyl (C=O) groups excluding carboxylic acids is 1. The van der Waals surface area contributed by atoms with E-state index in [2.05, 4.69) is 20.0 Å². The van der Waals surface area contributed by atoms with Crippen molar-refractivity contribution in [1.29, 1.82) is 0 Å². The topological polar surface area (TPSA) is 104 Å². The predicted molar refractivity (Wildman–Crippen MR) is 77.3 cm³/mol. The molecule has 0 atom stereocenters. The van der Waals surface area contributed by atoms with Crippen LogP contribution in [0.4, 0.5) is 0 Å². The van der Waals surface area contributed by atoms with Crippen LogP contribution in [0.25, 0.3) is 0 Å². The second kappa shape index (κ2) is 6.51. The summed E-state index contributed by atoms with van der Waals surface area (Å²) in [7, 11) is -2.07. The highest BCUT2D eigenvalue weighted by Gasteiger charge is 2.14. The van der Waals surface area contributed by atoms with Gasteiger partial charge >= 0.3 is 0 Å².